The van der Waals surface area contributed by atoms with Gasteiger partial charge in [0.05, 0.1) is 11.4 Å². The molecule has 1 heterocycles. The molecule has 134 valence electrons. The number of carbonyl (C=O) groups excluding carboxylic acids is 2. The average Bonchev–Trinajstić information content (AvgIpc) is 2.92. The smallest absolute Gasteiger partial charge is 0.293 e. The van der Waals surface area contributed by atoms with Gasteiger partial charge in [0.2, 0.25) is 0 Å². The van der Waals surface area contributed by atoms with E-state index in [9.17, 15) is 19.8 Å². The zero-order valence-corrected chi connectivity index (χ0v) is 14.9. The number of hydrogen-bond acceptors (Lipinski definition) is 5. The van der Waals surface area contributed by atoms with E-state index >= 15 is 0 Å². The molecule has 1 aliphatic rings. The second-order valence-electron chi connectivity index (χ2n) is 6.15. The van der Waals surface area contributed by atoms with Crippen LogP contribution in [0.4, 0.5) is 4.79 Å². The number of carbonyl (C=O) groups is 2. The summed E-state index contributed by atoms with van der Waals surface area (Å²) < 4.78 is 0. The van der Waals surface area contributed by atoms with Gasteiger partial charge in [0, 0.05) is 0 Å². The standard InChI is InChI=1S/C21H15NO4S/c23-17-9-8-13(10-18(17)24)11-19-20(25)22(21(26)27-19)12-15-6-3-5-14-4-1-2-7-16(14)15/h1-11,23-24H,12H2/b19-11+. The van der Waals surface area contributed by atoms with E-state index in [1.165, 1.54) is 23.1 Å². The summed E-state index contributed by atoms with van der Waals surface area (Å²) in [7, 11) is 0. The second-order valence-corrected chi connectivity index (χ2v) is 7.15. The van der Waals surface area contributed by atoms with Crippen molar-refractivity contribution in [3.05, 3.63) is 76.7 Å². The Labute approximate surface area is 159 Å². The van der Waals surface area contributed by atoms with Crippen LogP contribution in [0.3, 0.4) is 0 Å². The van der Waals surface area contributed by atoms with Gasteiger partial charge in [-0.15, -0.1) is 0 Å². The lowest BCUT2D eigenvalue weighted by Gasteiger charge is -2.14. The first-order chi connectivity index (χ1) is 13.0. The molecule has 3 aromatic rings. The fourth-order valence-corrected chi connectivity index (χ4v) is 3.86. The number of imide groups is 1. The highest BCUT2D eigenvalue weighted by molar-refractivity contribution is 8.18. The highest BCUT2D eigenvalue weighted by atomic mass is 32.2. The van der Waals surface area contributed by atoms with Crippen LogP contribution >= 0.6 is 11.8 Å². The molecule has 3 aromatic carbocycles. The molecule has 0 atom stereocenters. The molecule has 1 saturated heterocycles. The van der Waals surface area contributed by atoms with E-state index in [-0.39, 0.29) is 34.1 Å². The predicted octanol–water partition coefficient (Wildman–Crippen LogP) is 4.49. The van der Waals surface area contributed by atoms with Crippen molar-refractivity contribution in [1.82, 2.24) is 4.90 Å². The first kappa shape index (κ1) is 17.2. The van der Waals surface area contributed by atoms with Crippen molar-refractivity contribution in [2.45, 2.75) is 6.54 Å². The number of hydrogen-bond donors (Lipinski definition) is 2. The maximum absolute atomic E-state index is 12.7. The molecule has 1 aliphatic heterocycles. The topological polar surface area (TPSA) is 77.8 Å². The third-order valence-corrected chi connectivity index (χ3v) is 5.29. The van der Waals surface area contributed by atoms with Crippen molar-refractivity contribution < 1.29 is 19.8 Å². The van der Waals surface area contributed by atoms with Crippen LogP contribution in [0, 0.1) is 0 Å². The van der Waals surface area contributed by atoms with Crippen molar-refractivity contribution in [1.29, 1.82) is 0 Å². The van der Waals surface area contributed by atoms with Crippen LogP contribution in [0.2, 0.25) is 0 Å². The molecule has 0 aromatic heterocycles. The fraction of sp³-hybridized carbons (Fsp3) is 0.0476. The molecule has 2 amide bonds. The van der Waals surface area contributed by atoms with E-state index in [1.807, 2.05) is 42.5 Å². The Morgan fingerprint density at radius 2 is 1.70 bits per heavy atom. The maximum atomic E-state index is 12.7. The molecule has 5 nitrogen and oxygen atoms in total. The average molecular weight is 377 g/mol. The number of nitrogens with zero attached hydrogens (tertiary/aromatic N) is 1. The predicted molar refractivity (Wildman–Crippen MR) is 105 cm³/mol. The van der Waals surface area contributed by atoms with E-state index in [0.717, 1.165) is 28.1 Å². The Hall–Kier alpha value is -3.25. The molecule has 27 heavy (non-hydrogen) atoms. The summed E-state index contributed by atoms with van der Waals surface area (Å²) in [5, 5.41) is 20.7. The van der Waals surface area contributed by atoms with E-state index < -0.39 is 0 Å². The molecule has 6 heteroatoms. The van der Waals surface area contributed by atoms with Gasteiger partial charge in [-0.25, -0.2) is 0 Å². The Bertz CT molecular complexity index is 1100. The number of phenolic OH excluding ortho intramolecular Hbond substituents is 2. The minimum atomic E-state index is -0.370. The Balaban J connectivity index is 1.63. The maximum Gasteiger partial charge on any atom is 0.293 e. The third kappa shape index (κ3) is 3.27. The zero-order chi connectivity index (χ0) is 19.0. The van der Waals surface area contributed by atoms with Gasteiger partial charge in [0.25, 0.3) is 11.1 Å². The van der Waals surface area contributed by atoms with Crippen molar-refractivity contribution in [2.75, 3.05) is 0 Å². The molecular weight excluding hydrogens is 362 g/mol. The van der Waals surface area contributed by atoms with Gasteiger partial charge in [0.15, 0.2) is 11.5 Å². The summed E-state index contributed by atoms with van der Waals surface area (Å²) in [5.74, 6) is -0.888. The second kappa shape index (κ2) is 6.81. The van der Waals surface area contributed by atoms with E-state index in [4.69, 9.17) is 0 Å². The van der Waals surface area contributed by atoms with Crippen molar-refractivity contribution in [3.8, 4) is 11.5 Å². The molecule has 4 rings (SSSR count). The van der Waals surface area contributed by atoms with Crippen LogP contribution in [0.1, 0.15) is 11.1 Å². The number of fused-ring (bicyclic) bond motifs is 1. The summed E-state index contributed by atoms with van der Waals surface area (Å²) in [6, 6.07) is 17.9. The summed E-state index contributed by atoms with van der Waals surface area (Å²) in [6.45, 7) is 0.199. The van der Waals surface area contributed by atoms with Crippen LogP contribution in [0.5, 0.6) is 11.5 Å². The Morgan fingerprint density at radius 1 is 0.926 bits per heavy atom. The summed E-state index contributed by atoms with van der Waals surface area (Å²) in [6.07, 6.45) is 1.53. The van der Waals surface area contributed by atoms with E-state index in [2.05, 4.69) is 0 Å². The van der Waals surface area contributed by atoms with Crippen LogP contribution in [0.15, 0.2) is 65.6 Å². The lowest BCUT2D eigenvalue weighted by molar-refractivity contribution is -0.123. The summed E-state index contributed by atoms with van der Waals surface area (Å²) in [4.78, 5) is 26.6. The van der Waals surface area contributed by atoms with Gasteiger partial charge in [-0.3, -0.25) is 14.5 Å². The van der Waals surface area contributed by atoms with Crippen molar-refractivity contribution >= 4 is 39.8 Å². The van der Waals surface area contributed by atoms with Crippen molar-refractivity contribution in [3.63, 3.8) is 0 Å². The molecule has 0 saturated carbocycles. The number of amides is 2. The Kier molecular flexibility index (Phi) is 4.33. The molecule has 0 bridgehead atoms. The van der Waals surface area contributed by atoms with Crippen LogP contribution < -0.4 is 0 Å². The van der Waals surface area contributed by atoms with Gasteiger partial charge in [-0.05, 0) is 51.9 Å². The Morgan fingerprint density at radius 3 is 2.52 bits per heavy atom. The highest BCUT2D eigenvalue weighted by Crippen LogP contribution is 2.35. The number of rotatable bonds is 3. The first-order valence-electron chi connectivity index (χ1n) is 8.27. The molecule has 0 unspecified atom stereocenters. The number of thioether (sulfide) groups is 1. The van der Waals surface area contributed by atoms with Gasteiger partial charge < -0.3 is 10.2 Å². The largest absolute Gasteiger partial charge is 0.504 e. The van der Waals surface area contributed by atoms with Crippen LogP contribution in [-0.4, -0.2) is 26.3 Å². The van der Waals surface area contributed by atoms with Gasteiger partial charge in [0.1, 0.15) is 0 Å². The molecule has 0 radical (unpaired) electrons. The lowest BCUT2D eigenvalue weighted by Crippen LogP contribution is -2.27. The highest BCUT2D eigenvalue weighted by Gasteiger charge is 2.35. The van der Waals surface area contributed by atoms with Crippen LogP contribution in [0.25, 0.3) is 16.8 Å². The third-order valence-electron chi connectivity index (χ3n) is 4.38. The van der Waals surface area contributed by atoms with Gasteiger partial charge in [-0.2, -0.15) is 0 Å². The number of phenols is 2. The number of aromatic hydroxyl groups is 2. The monoisotopic (exact) mass is 377 g/mol. The van der Waals surface area contributed by atoms with Crippen LogP contribution in [-0.2, 0) is 11.3 Å². The lowest BCUT2D eigenvalue weighted by atomic mass is 10.0. The molecular formula is C21H15NO4S. The summed E-state index contributed by atoms with van der Waals surface area (Å²) in [5.41, 5.74) is 1.43. The van der Waals surface area contributed by atoms with E-state index in [1.54, 1.807) is 6.07 Å². The molecule has 0 spiro atoms. The van der Waals surface area contributed by atoms with Crippen molar-refractivity contribution in [2.24, 2.45) is 0 Å². The first-order valence-corrected chi connectivity index (χ1v) is 9.08. The molecule has 2 N–H and O–H groups in total. The fourth-order valence-electron chi connectivity index (χ4n) is 3.02. The van der Waals surface area contributed by atoms with E-state index in [0.29, 0.717) is 5.56 Å². The number of benzene rings is 3. The van der Waals surface area contributed by atoms with Gasteiger partial charge >= 0.3 is 0 Å². The van der Waals surface area contributed by atoms with Gasteiger partial charge in [-0.1, -0.05) is 48.5 Å². The SMILES string of the molecule is O=C1S/C(=C/c2ccc(O)c(O)c2)C(=O)N1Cc1cccc2ccccc12. The minimum Gasteiger partial charge on any atom is -0.504 e. The quantitative estimate of drug-likeness (QED) is 0.519. The zero-order valence-electron chi connectivity index (χ0n) is 14.1. The normalized spacial score (nSPS) is 15.9. The minimum absolute atomic E-state index is 0.199. The summed E-state index contributed by atoms with van der Waals surface area (Å²) >= 11 is 0.866. The molecule has 0 aliphatic carbocycles. The molecule has 1 fully saturated rings.